The fourth-order valence-electron chi connectivity index (χ4n) is 1.17. The van der Waals surface area contributed by atoms with Crippen LogP contribution in [-0.4, -0.2) is 9.91 Å². The minimum atomic E-state index is -0.539. The Labute approximate surface area is 96.3 Å². The van der Waals surface area contributed by atoms with E-state index in [1.54, 1.807) is 0 Å². The molecule has 0 aliphatic carbocycles. The lowest BCUT2D eigenvalue weighted by Gasteiger charge is -2.03. The largest absolute Gasteiger partial charge is 0.439 e. The topological polar surface area (TPSA) is 85.2 Å². The Kier molecular flexibility index (Phi) is 2.87. The first-order valence-corrected chi connectivity index (χ1v) is 4.70. The maximum absolute atomic E-state index is 10.8. The fraction of sp³-hybridized carbons (Fsp3) is 0. The minimum Gasteiger partial charge on any atom is -0.439 e. The van der Waals surface area contributed by atoms with Gasteiger partial charge < -0.3 is 4.74 Å². The Morgan fingerprint density at radius 3 is 2.35 bits per heavy atom. The van der Waals surface area contributed by atoms with Crippen LogP contribution in [0, 0.1) is 10.1 Å². The van der Waals surface area contributed by atoms with Gasteiger partial charge in [-0.2, -0.15) is 0 Å². The van der Waals surface area contributed by atoms with E-state index in [0.717, 1.165) is 6.20 Å². The van der Waals surface area contributed by atoms with Gasteiger partial charge in [0.05, 0.1) is 4.92 Å². The van der Waals surface area contributed by atoms with Crippen molar-refractivity contribution >= 4 is 5.69 Å². The van der Waals surface area contributed by atoms with Gasteiger partial charge in [-0.15, -0.1) is 0 Å². The zero-order valence-corrected chi connectivity index (χ0v) is 8.57. The third kappa shape index (κ3) is 2.69. The molecule has 0 fully saturated rings. The molecule has 1 radical (unpaired) electrons. The maximum Gasteiger partial charge on any atom is 0.287 e. The zero-order chi connectivity index (χ0) is 12.3. The number of aromatic nitrogens is 1. The van der Waals surface area contributed by atoms with E-state index in [1.165, 1.54) is 36.4 Å². The number of ether oxygens (including phenoxy) is 1. The number of rotatable bonds is 3. The predicted molar refractivity (Wildman–Crippen MR) is 57.5 cm³/mol. The molecule has 0 amide bonds. The average Bonchev–Trinajstić information content (AvgIpc) is 2.33. The summed E-state index contributed by atoms with van der Waals surface area (Å²) < 4.78 is 5.30. The summed E-state index contributed by atoms with van der Waals surface area (Å²) in [5, 5.41) is 21.2. The van der Waals surface area contributed by atoms with Crippen LogP contribution in [0.2, 0.25) is 0 Å². The quantitative estimate of drug-likeness (QED) is 0.600. The molecule has 1 aromatic carbocycles. The summed E-state index contributed by atoms with van der Waals surface area (Å²) in [6.07, 6.45) is 1.11. The van der Waals surface area contributed by atoms with Gasteiger partial charge in [0.25, 0.3) is 5.69 Å². The second-order valence-electron chi connectivity index (χ2n) is 3.19. The number of benzene rings is 1. The van der Waals surface area contributed by atoms with E-state index in [2.05, 4.69) is 4.98 Å². The van der Waals surface area contributed by atoms with Crippen molar-refractivity contribution < 1.29 is 14.8 Å². The Bertz CT molecular complexity index is 522. The van der Waals surface area contributed by atoms with Crippen LogP contribution in [0.4, 0.5) is 5.69 Å². The van der Waals surface area contributed by atoms with Crippen molar-refractivity contribution in [3.05, 3.63) is 52.7 Å². The van der Waals surface area contributed by atoms with Crippen LogP contribution in [0.1, 0.15) is 0 Å². The minimum absolute atomic E-state index is 0.104. The highest BCUT2D eigenvalue weighted by atomic mass is 16.6. The van der Waals surface area contributed by atoms with Crippen LogP contribution in [0.25, 0.3) is 0 Å². The van der Waals surface area contributed by atoms with E-state index in [-0.39, 0.29) is 17.3 Å². The van der Waals surface area contributed by atoms with Gasteiger partial charge in [0.1, 0.15) is 11.9 Å². The van der Waals surface area contributed by atoms with Crippen LogP contribution in [0.3, 0.4) is 0 Å². The highest BCUT2D eigenvalue weighted by molar-refractivity contribution is 5.34. The molecule has 0 bridgehead atoms. The van der Waals surface area contributed by atoms with Gasteiger partial charge in [-0.1, -0.05) is 0 Å². The first kappa shape index (κ1) is 10.9. The number of pyridine rings is 1. The van der Waals surface area contributed by atoms with E-state index in [1.807, 2.05) is 0 Å². The number of nitrogens with zero attached hydrogens (tertiary/aromatic N) is 2. The average molecular weight is 231 g/mol. The van der Waals surface area contributed by atoms with Gasteiger partial charge in [0, 0.05) is 12.1 Å². The molecular weight excluding hydrogens is 224 g/mol. The van der Waals surface area contributed by atoms with Gasteiger partial charge in [-0.05, 0) is 24.3 Å². The lowest BCUT2D eigenvalue weighted by atomic mass is 10.3. The van der Waals surface area contributed by atoms with Crippen molar-refractivity contribution in [1.29, 1.82) is 0 Å². The molecule has 85 valence electrons. The Balaban J connectivity index is 2.13. The molecule has 0 aliphatic rings. The molecule has 1 aromatic heterocycles. The highest BCUT2D eigenvalue weighted by Crippen LogP contribution is 2.23. The molecule has 2 rings (SSSR count). The number of hydrogen-bond donors (Lipinski definition) is 0. The Morgan fingerprint density at radius 2 is 1.82 bits per heavy atom. The molecule has 0 spiro atoms. The van der Waals surface area contributed by atoms with Crippen LogP contribution in [0.5, 0.6) is 17.4 Å². The summed E-state index contributed by atoms with van der Waals surface area (Å²) in [4.78, 5) is 13.6. The molecule has 0 saturated carbocycles. The van der Waals surface area contributed by atoms with Crippen LogP contribution < -0.4 is 4.74 Å². The molecule has 6 nitrogen and oxygen atoms in total. The highest BCUT2D eigenvalue weighted by Gasteiger charge is 2.06. The fourth-order valence-corrected chi connectivity index (χ4v) is 1.17. The van der Waals surface area contributed by atoms with Gasteiger partial charge in [-0.3, -0.25) is 15.2 Å². The summed E-state index contributed by atoms with van der Waals surface area (Å²) in [5.41, 5.74) is -0.104. The van der Waals surface area contributed by atoms with Gasteiger partial charge in [-0.25, -0.2) is 4.98 Å². The Hall–Kier alpha value is -2.63. The first-order valence-electron chi connectivity index (χ1n) is 4.70. The SMILES string of the molecule is [O]c1ccc(Oc2ccc([N+](=O)[O-])cn2)cc1. The lowest BCUT2D eigenvalue weighted by Crippen LogP contribution is -1.91. The monoisotopic (exact) mass is 231 g/mol. The van der Waals surface area contributed by atoms with Crippen molar-refractivity contribution in [1.82, 2.24) is 4.98 Å². The molecule has 17 heavy (non-hydrogen) atoms. The standard InChI is InChI=1S/C11H7N2O4/c14-9-2-4-10(5-3-9)17-11-6-1-8(7-12-11)13(15)16/h1-7H. The van der Waals surface area contributed by atoms with Gasteiger partial charge in [0.2, 0.25) is 5.88 Å². The van der Waals surface area contributed by atoms with E-state index >= 15 is 0 Å². The van der Waals surface area contributed by atoms with E-state index in [9.17, 15) is 15.2 Å². The van der Waals surface area contributed by atoms with Crippen molar-refractivity contribution in [3.63, 3.8) is 0 Å². The smallest absolute Gasteiger partial charge is 0.287 e. The number of nitro groups is 1. The molecule has 6 heteroatoms. The van der Waals surface area contributed by atoms with Gasteiger partial charge >= 0.3 is 0 Å². The summed E-state index contributed by atoms with van der Waals surface area (Å²) in [6.45, 7) is 0. The van der Waals surface area contributed by atoms with Crippen LogP contribution in [-0.2, 0) is 5.11 Å². The Morgan fingerprint density at radius 1 is 1.12 bits per heavy atom. The molecular formula is C11H7N2O4. The van der Waals surface area contributed by atoms with Crippen LogP contribution >= 0.6 is 0 Å². The zero-order valence-electron chi connectivity index (χ0n) is 8.57. The second kappa shape index (κ2) is 4.48. The van der Waals surface area contributed by atoms with E-state index in [4.69, 9.17) is 4.74 Å². The first-order chi connectivity index (χ1) is 8.15. The normalized spacial score (nSPS) is 9.88. The van der Waals surface area contributed by atoms with E-state index < -0.39 is 4.92 Å². The van der Waals surface area contributed by atoms with Gasteiger partial charge in [0.15, 0.2) is 5.75 Å². The summed E-state index contributed by atoms with van der Waals surface area (Å²) in [6, 6.07) is 8.42. The molecule has 0 N–H and O–H groups in total. The summed E-state index contributed by atoms with van der Waals surface area (Å²) >= 11 is 0. The number of hydrogen-bond acceptors (Lipinski definition) is 4. The van der Waals surface area contributed by atoms with Crippen molar-refractivity contribution in [2.75, 3.05) is 0 Å². The molecule has 0 unspecified atom stereocenters. The van der Waals surface area contributed by atoms with Crippen molar-refractivity contribution in [2.45, 2.75) is 0 Å². The van der Waals surface area contributed by atoms with Crippen molar-refractivity contribution in [3.8, 4) is 17.4 Å². The molecule has 2 aromatic rings. The molecule has 0 saturated heterocycles. The summed E-state index contributed by atoms with van der Waals surface area (Å²) in [7, 11) is 0. The second-order valence-corrected chi connectivity index (χ2v) is 3.19. The lowest BCUT2D eigenvalue weighted by molar-refractivity contribution is -0.385. The van der Waals surface area contributed by atoms with Crippen molar-refractivity contribution in [2.24, 2.45) is 0 Å². The molecule has 1 heterocycles. The third-order valence-corrected chi connectivity index (χ3v) is 1.98. The van der Waals surface area contributed by atoms with E-state index in [0.29, 0.717) is 5.75 Å². The molecule has 0 atom stereocenters. The van der Waals surface area contributed by atoms with Crippen LogP contribution in [0.15, 0.2) is 42.6 Å². The maximum atomic E-state index is 10.8. The summed E-state index contributed by atoms with van der Waals surface area (Å²) in [5.74, 6) is 0.564. The third-order valence-electron chi connectivity index (χ3n) is 1.98. The molecule has 0 aliphatic heterocycles. The predicted octanol–water partition coefficient (Wildman–Crippen LogP) is 2.93.